The number of thiocarbonyl (C=S) groups is 1. The number of halogens is 1. The van der Waals surface area contributed by atoms with Gasteiger partial charge in [-0.05, 0) is 62.0 Å². The van der Waals surface area contributed by atoms with E-state index in [4.69, 9.17) is 17.0 Å². The SMILES string of the molecule is C=CCn1c(C)c(C)c2ccnc(CN(C(=S)NCCOC)c3ccc(F)cc3)c21. The summed E-state index contributed by atoms with van der Waals surface area (Å²) in [6, 6.07) is 8.35. The number of rotatable bonds is 8. The van der Waals surface area contributed by atoms with Crippen LogP contribution in [0.4, 0.5) is 10.1 Å². The van der Waals surface area contributed by atoms with Crippen LogP contribution in [0.2, 0.25) is 0 Å². The van der Waals surface area contributed by atoms with Gasteiger partial charge in [0.05, 0.1) is 24.4 Å². The van der Waals surface area contributed by atoms with E-state index in [0.29, 0.717) is 31.4 Å². The van der Waals surface area contributed by atoms with Gasteiger partial charge in [0.1, 0.15) is 5.82 Å². The van der Waals surface area contributed by atoms with Crippen molar-refractivity contribution in [2.45, 2.75) is 26.9 Å². The number of hydrogen-bond donors (Lipinski definition) is 1. The quantitative estimate of drug-likeness (QED) is 0.326. The molecule has 30 heavy (non-hydrogen) atoms. The fourth-order valence-electron chi connectivity index (χ4n) is 3.55. The lowest BCUT2D eigenvalue weighted by molar-refractivity contribution is 0.204. The van der Waals surface area contributed by atoms with Gasteiger partial charge < -0.3 is 19.5 Å². The Hall–Kier alpha value is -2.77. The summed E-state index contributed by atoms with van der Waals surface area (Å²) >= 11 is 5.66. The van der Waals surface area contributed by atoms with Crippen LogP contribution in [0.15, 0.2) is 49.2 Å². The number of hydrogen-bond acceptors (Lipinski definition) is 3. The summed E-state index contributed by atoms with van der Waals surface area (Å²) in [6.07, 6.45) is 3.71. The number of pyridine rings is 1. The molecule has 2 heterocycles. The monoisotopic (exact) mass is 426 g/mol. The van der Waals surface area contributed by atoms with Gasteiger partial charge in [0.25, 0.3) is 0 Å². The molecule has 0 saturated carbocycles. The number of methoxy groups -OCH3 is 1. The first kappa shape index (κ1) is 21.9. The van der Waals surface area contributed by atoms with Crippen LogP contribution in [0.3, 0.4) is 0 Å². The molecule has 158 valence electrons. The van der Waals surface area contributed by atoms with Crippen molar-refractivity contribution in [2.24, 2.45) is 0 Å². The summed E-state index contributed by atoms with van der Waals surface area (Å²) in [6.45, 7) is 10.4. The van der Waals surface area contributed by atoms with E-state index in [1.807, 2.05) is 23.2 Å². The molecule has 0 radical (unpaired) electrons. The molecular formula is C23H27FN4OS. The van der Waals surface area contributed by atoms with Crippen LogP contribution in [0.5, 0.6) is 0 Å². The molecule has 0 spiro atoms. The first-order chi connectivity index (χ1) is 14.5. The molecule has 0 saturated heterocycles. The Balaban J connectivity index is 2.04. The highest BCUT2D eigenvalue weighted by molar-refractivity contribution is 7.80. The minimum Gasteiger partial charge on any atom is -0.383 e. The van der Waals surface area contributed by atoms with E-state index >= 15 is 0 Å². The van der Waals surface area contributed by atoms with Gasteiger partial charge in [0.2, 0.25) is 0 Å². The first-order valence-corrected chi connectivity index (χ1v) is 10.2. The van der Waals surface area contributed by atoms with Gasteiger partial charge in [0, 0.05) is 43.2 Å². The normalized spacial score (nSPS) is 10.9. The highest BCUT2D eigenvalue weighted by Gasteiger charge is 2.19. The average Bonchev–Trinajstić information content (AvgIpc) is 2.99. The van der Waals surface area contributed by atoms with Gasteiger partial charge in [-0.15, -0.1) is 6.58 Å². The molecule has 0 atom stereocenters. The lowest BCUT2D eigenvalue weighted by atomic mass is 10.1. The summed E-state index contributed by atoms with van der Waals surface area (Å²) < 4.78 is 20.9. The molecule has 5 nitrogen and oxygen atoms in total. The molecule has 1 aromatic carbocycles. The second-order valence-electron chi connectivity index (χ2n) is 7.05. The third kappa shape index (κ3) is 4.52. The molecule has 0 bridgehead atoms. The number of aromatic nitrogens is 2. The maximum absolute atomic E-state index is 13.5. The van der Waals surface area contributed by atoms with Crippen molar-refractivity contribution >= 4 is 33.9 Å². The Kier molecular flexibility index (Phi) is 7.18. The van der Waals surface area contributed by atoms with Crippen LogP contribution < -0.4 is 10.2 Å². The minimum absolute atomic E-state index is 0.289. The van der Waals surface area contributed by atoms with Crippen molar-refractivity contribution in [2.75, 3.05) is 25.2 Å². The summed E-state index contributed by atoms with van der Waals surface area (Å²) in [5, 5.41) is 4.91. The van der Waals surface area contributed by atoms with Gasteiger partial charge in [-0.25, -0.2) is 4.39 Å². The number of allylic oxidation sites excluding steroid dienone is 1. The van der Waals surface area contributed by atoms with E-state index in [9.17, 15) is 4.39 Å². The lowest BCUT2D eigenvalue weighted by Gasteiger charge is -2.26. The summed E-state index contributed by atoms with van der Waals surface area (Å²) in [7, 11) is 1.64. The smallest absolute Gasteiger partial charge is 0.173 e. The second kappa shape index (κ2) is 9.82. The molecule has 0 aliphatic carbocycles. The van der Waals surface area contributed by atoms with Gasteiger partial charge in [0.15, 0.2) is 5.11 Å². The second-order valence-corrected chi connectivity index (χ2v) is 7.44. The maximum atomic E-state index is 13.5. The van der Waals surface area contributed by atoms with E-state index in [1.165, 1.54) is 23.4 Å². The fourth-order valence-corrected chi connectivity index (χ4v) is 3.82. The van der Waals surface area contributed by atoms with Crippen LogP contribution in [0.25, 0.3) is 10.9 Å². The predicted octanol–water partition coefficient (Wildman–Crippen LogP) is 4.51. The molecule has 7 heteroatoms. The van der Waals surface area contributed by atoms with E-state index in [0.717, 1.165) is 22.3 Å². The van der Waals surface area contributed by atoms with Crippen LogP contribution >= 0.6 is 12.2 Å². The Morgan fingerprint density at radius 1 is 1.30 bits per heavy atom. The number of benzene rings is 1. The largest absolute Gasteiger partial charge is 0.383 e. The van der Waals surface area contributed by atoms with Gasteiger partial charge in [-0.3, -0.25) is 4.98 Å². The van der Waals surface area contributed by atoms with E-state index in [1.54, 1.807) is 19.2 Å². The zero-order valence-electron chi connectivity index (χ0n) is 17.6. The lowest BCUT2D eigenvalue weighted by Crippen LogP contribution is -2.41. The van der Waals surface area contributed by atoms with Crippen LogP contribution in [0.1, 0.15) is 17.0 Å². The molecule has 0 aliphatic rings. The number of nitrogens with zero attached hydrogens (tertiary/aromatic N) is 3. The molecule has 0 unspecified atom stereocenters. The minimum atomic E-state index is -0.289. The van der Waals surface area contributed by atoms with Gasteiger partial charge in [-0.1, -0.05) is 6.08 Å². The van der Waals surface area contributed by atoms with Crippen molar-refractivity contribution in [1.82, 2.24) is 14.9 Å². The molecular weight excluding hydrogens is 399 g/mol. The Morgan fingerprint density at radius 3 is 2.70 bits per heavy atom. The maximum Gasteiger partial charge on any atom is 0.173 e. The molecule has 1 N–H and O–H groups in total. The molecule has 0 fully saturated rings. The Labute approximate surface area is 182 Å². The third-order valence-electron chi connectivity index (χ3n) is 5.21. The summed E-state index contributed by atoms with van der Waals surface area (Å²) in [5.74, 6) is -0.289. The number of ether oxygens (including phenoxy) is 1. The first-order valence-electron chi connectivity index (χ1n) is 9.82. The van der Waals surface area contributed by atoms with Crippen LogP contribution in [0, 0.1) is 19.7 Å². The number of anilines is 1. The van der Waals surface area contributed by atoms with Gasteiger partial charge >= 0.3 is 0 Å². The standard InChI is InChI=1S/C23H27FN4OS/c1-5-13-27-17(3)16(2)20-10-11-25-21(22(20)27)15-28(23(30)26-12-14-29-4)19-8-6-18(24)7-9-19/h5-11H,1,12-15H2,2-4H3,(H,26,30). The Bertz CT molecular complexity index is 1050. The third-order valence-corrected chi connectivity index (χ3v) is 5.57. The zero-order chi connectivity index (χ0) is 21.7. The molecule has 2 aromatic heterocycles. The van der Waals surface area contributed by atoms with Crippen molar-refractivity contribution in [3.8, 4) is 0 Å². The summed E-state index contributed by atoms with van der Waals surface area (Å²) in [5.41, 5.74) is 5.17. The number of aryl methyl sites for hydroxylation is 1. The van der Waals surface area contributed by atoms with Gasteiger partial charge in [-0.2, -0.15) is 0 Å². The number of nitrogens with one attached hydrogen (secondary N) is 1. The average molecular weight is 427 g/mol. The molecule has 3 aromatic rings. The topological polar surface area (TPSA) is 42.3 Å². The van der Waals surface area contributed by atoms with Crippen molar-refractivity contribution in [3.63, 3.8) is 0 Å². The van der Waals surface area contributed by atoms with E-state index in [2.05, 4.69) is 35.3 Å². The van der Waals surface area contributed by atoms with Crippen molar-refractivity contribution in [1.29, 1.82) is 0 Å². The van der Waals surface area contributed by atoms with Crippen LogP contribution in [-0.4, -0.2) is 34.9 Å². The highest BCUT2D eigenvalue weighted by atomic mass is 32.1. The molecule has 3 rings (SSSR count). The van der Waals surface area contributed by atoms with Crippen molar-refractivity contribution in [3.05, 3.63) is 72.0 Å². The van der Waals surface area contributed by atoms with E-state index in [-0.39, 0.29) is 5.82 Å². The summed E-state index contributed by atoms with van der Waals surface area (Å²) in [4.78, 5) is 6.62. The van der Waals surface area contributed by atoms with Crippen LogP contribution in [-0.2, 0) is 17.8 Å². The highest BCUT2D eigenvalue weighted by Crippen LogP contribution is 2.29. The zero-order valence-corrected chi connectivity index (χ0v) is 18.4. The molecule has 0 aliphatic heterocycles. The molecule has 0 amide bonds. The Morgan fingerprint density at radius 2 is 2.03 bits per heavy atom. The van der Waals surface area contributed by atoms with E-state index < -0.39 is 0 Å². The predicted molar refractivity (Wildman–Crippen MR) is 124 cm³/mol. The fraction of sp³-hybridized carbons (Fsp3) is 0.304. The van der Waals surface area contributed by atoms with Crippen molar-refractivity contribution < 1.29 is 9.13 Å². The number of fused-ring (bicyclic) bond motifs is 1.